The van der Waals surface area contributed by atoms with Crippen LogP contribution >= 0.6 is 0 Å². The van der Waals surface area contributed by atoms with E-state index in [-0.39, 0.29) is 24.4 Å². The van der Waals surface area contributed by atoms with Crippen molar-refractivity contribution in [3.05, 3.63) is 41.7 Å². The molecule has 1 aliphatic rings. The fraction of sp³-hybridized carbons (Fsp3) is 0.375. The summed E-state index contributed by atoms with van der Waals surface area (Å²) in [5.41, 5.74) is 0.558. The number of benzene rings is 1. The summed E-state index contributed by atoms with van der Waals surface area (Å²) in [5, 5.41) is 2.83. The highest BCUT2D eigenvalue weighted by Gasteiger charge is 2.17. The molecule has 1 saturated carbocycles. The minimum Gasteiger partial charge on any atom is -0.452 e. The first kappa shape index (κ1) is 15.2. The summed E-state index contributed by atoms with van der Waals surface area (Å²) in [6.07, 6.45) is 6.85. The fourth-order valence-corrected chi connectivity index (χ4v) is 2.30. The highest BCUT2D eigenvalue weighted by molar-refractivity contribution is 5.89. The Morgan fingerprint density at radius 2 is 2.10 bits per heavy atom. The molecule has 0 atom stereocenters. The Bertz CT molecular complexity index is 536. The van der Waals surface area contributed by atoms with Crippen molar-refractivity contribution in [3.63, 3.8) is 0 Å². The van der Waals surface area contributed by atoms with Gasteiger partial charge >= 0.3 is 5.97 Å². The van der Waals surface area contributed by atoms with Gasteiger partial charge in [-0.2, -0.15) is 0 Å². The maximum absolute atomic E-state index is 12.9. The van der Waals surface area contributed by atoms with Gasteiger partial charge in [-0.15, -0.1) is 0 Å². The normalized spacial score (nSPS) is 15.3. The molecule has 112 valence electrons. The lowest BCUT2D eigenvalue weighted by atomic mass is 10.2. The fourth-order valence-electron chi connectivity index (χ4n) is 2.30. The largest absolute Gasteiger partial charge is 0.452 e. The van der Waals surface area contributed by atoms with E-state index in [0.29, 0.717) is 5.56 Å². The molecule has 1 aromatic rings. The van der Waals surface area contributed by atoms with Gasteiger partial charge in [0.2, 0.25) is 0 Å². The molecule has 1 aromatic carbocycles. The van der Waals surface area contributed by atoms with Gasteiger partial charge in [0.15, 0.2) is 6.61 Å². The average molecular weight is 291 g/mol. The monoisotopic (exact) mass is 291 g/mol. The topological polar surface area (TPSA) is 55.4 Å². The lowest BCUT2D eigenvalue weighted by Crippen LogP contribution is -2.35. The maximum atomic E-state index is 12.9. The van der Waals surface area contributed by atoms with E-state index in [1.807, 2.05) is 0 Å². The second-order valence-corrected chi connectivity index (χ2v) is 5.04. The summed E-state index contributed by atoms with van der Waals surface area (Å²) < 4.78 is 17.8. The zero-order chi connectivity index (χ0) is 15.1. The molecule has 0 aliphatic heterocycles. The third kappa shape index (κ3) is 5.38. The summed E-state index contributed by atoms with van der Waals surface area (Å²) >= 11 is 0. The van der Waals surface area contributed by atoms with Gasteiger partial charge in [0.05, 0.1) is 0 Å². The van der Waals surface area contributed by atoms with Crippen LogP contribution in [0.25, 0.3) is 6.08 Å². The number of ether oxygens (including phenoxy) is 1. The van der Waals surface area contributed by atoms with E-state index in [1.54, 1.807) is 12.1 Å². The van der Waals surface area contributed by atoms with Gasteiger partial charge in [-0.3, -0.25) is 4.79 Å². The molecule has 0 radical (unpaired) electrons. The van der Waals surface area contributed by atoms with Crippen LogP contribution in [0.3, 0.4) is 0 Å². The summed E-state index contributed by atoms with van der Waals surface area (Å²) in [6.45, 7) is -0.289. The summed E-state index contributed by atoms with van der Waals surface area (Å²) in [6, 6.07) is 6.05. The number of rotatable bonds is 5. The van der Waals surface area contributed by atoms with Crippen molar-refractivity contribution in [2.24, 2.45) is 0 Å². The summed E-state index contributed by atoms with van der Waals surface area (Å²) in [5.74, 6) is -1.28. The van der Waals surface area contributed by atoms with Crippen LogP contribution < -0.4 is 5.32 Å². The Balaban J connectivity index is 1.72. The molecular formula is C16H18FNO3. The Kier molecular flexibility index (Phi) is 5.49. The number of amides is 1. The Hall–Kier alpha value is -2.17. The van der Waals surface area contributed by atoms with E-state index in [1.165, 1.54) is 24.3 Å². The van der Waals surface area contributed by atoms with Crippen molar-refractivity contribution in [2.45, 2.75) is 31.7 Å². The van der Waals surface area contributed by atoms with Crippen LogP contribution in [0.4, 0.5) is 4.39 Å². The standard InChI is InChI=1S/C16H18FNO3/c17-13-5-3-4-12(10-13)8-9-16(20)21-11-15(19)18-14-6-1-2-7-14/h3-5,8-10,14H,1-2,6-7,11H2,(H,18,19). The number of esters is 1. The van der Waals surface area contributed by atoms with Crippen LogP contribution in [0.5, 0.6) is 0 Å². The quantitative estimate of drug-likeness (QED) is 0.669. The van der Waals surface area contributed by atoms with Crippen LogP contribution in [0.15, 0.2) is 30.3 Å². The van der Waals surface area contributed by atoms with Crippen molar-refractivity contribution in [2.75, 3.05) is 6.61 Å². The summed E-state index contributed by atoms with van der Waals surface area (Å²) in [4.78, 5) is 23.0. The third-order valence-corrected chi connectivity index (χ3v) is 3.33. The average Bonchev–Trinajstić information content (AvgIpc) is 2.96. The molecule has 1 fully saturated rings. The smallest absolute Gasteiger partial charge is 0.331 e. The lowest BCUT2D eigenvalue weighted by Gasteiger charge is -2.11. The number of nitrogens with one attached hydrogen (secondary N) is 1. The Morgan fingerprint density at radius 3 is 2.81 bits per heavy atom. The molecule has 21 heavy (non-hydrogen) atoms. The molecule has 5 heteroatoms. The van der Waals surface area contributed by atoms with Crippen LogP contribution in [0.2, 0.25) is 0 Å². The summed E-state index contributed by atoms with van der Waals surface area (Å²) in [7, 11) is 0. The van der Waals surface area contributed by atoms with E-state index in [0.717, 1.165) is 25.7 Å². The molecule has 0 aromatic heterocycles. The third-order valence-electron chi connectivity index (χ3n) is 3.33. The molecule has 4 nitrogen and oxygen atoms in total. The molecular weight excluding hydrogens is 273 g/mol. The van der Waals surface area contributed by atoms with E-state index >= 15 is 0 Å². The van der Waals surface area contributed by atoms with Crippen molar-refractivity contribution < 1.29 is 18.7 Å². The van der Waals surface area contributed by atoms with Crippen molar-refractivity contribution in [3.8, 4) is 0 Å². The van der Waals surface area contributed by atoms with Crippen molar-refractivity contribution >= 4 is 18.0 Å². The molecule has 1 aliphatic carbocycles. The van der Waals surface area contributed by atoms with E-state index in [4.69, 9.17) is 4.74 Å². The lowest BCUT2D eigenvalue weighted by molar-refractivity contribution is -0.144. The van der Waals surface area contributed by atoms with Crippen LogP contribution in [0.1, 0.15) is 31.2 Å². The van der Waals surface area contributed by atoms with Gasteiger partial charge in [0.25, 0.3) is 5.91 Å². The number of carbonyl (C=O) groups excluding carboxylic acids is 2. The molecule has 0 saturated heterocycles. The second kappa shape index (κ2) is 7.57. The Labute approximate surface area is 123 Å². The van der Waals surface area contributed by atoms with Gasteiger partial charge in [0, 0.05) is 12.1 Å². The molecule has 0 heterocycles. The number of carbonyl (C=O) groups is 2. The van der Waals surface area contributed by atoms with Crippen molar-refractivity contribution in [1.29, 1.82) is 0 Å². The molecule has 1 N–H and O–H groups in total. The second-order valence-electron chi connectivity index (χ2n) is 5.04. The van der Waals surface area contributed by atoms with Gasteiger partial charge in [-0.05, 0) is 36.6 Å². The first-order chi connectivity index (χ1) is 10.1. The highest BCUT2D eigenvalue weighted by atomic mass is 19.1. The number of hydrogen-bond acceptors (Lipinski definition) is 3. The van der Waals surface area contributed by atoms with Crippen molar-refractivity contribution in [1.82, 2.24) is 5.32 Å². The van der Waals surface area contributed by atoms with Crippen LogP contribution in [-0.2, 0) is 14.3 Å². The molecule has 0 spiro atoms. The maximum Gasteiger partial charge on any atom is 0.331 e. The Morgan fingerprint density at radius 1 is 1.33 bits per heavy atom. The van der Waals surface area contributed by atoms with E-state index in [9.17, 15) is 14.0 Å². The SMILES string of the molecule is O=C(COC(=O)C=Cc1cccc(F)c1)NC1CCCC1. The molecule has 1 amide bonds. The van der Waals surface area contributed by atoms with Gasteiger partial charge in [-0.1, -0.05) is 25.0 Å². The van der Waals surface area contributed by atoms with E-state index in [2.05, 4.69) is 5.32 Å². The zero-order valence-corrected chi connectivity index (χ0v) is 11.7. The van der Waals surface area contributed by atoms with Gasteiger partial charge in [0.1, 0.15) is 5.82 Å². The van der Waals surface area contributed by atoms with Gasteiger partial charge in [-0.25, -0.2) is 9.18 Å². The first-order valence-corrected chi connectivity index (χ1v) is 7.03. The predicted octanol–water partition coefficient (Wildman–Crippen LogP) is 2.44. The zero-order valence-electron chi connectivity index (χ0n) is 11.7. The molecule has 0 bridgehead atoms. The minimum atomic E-state index is -0.624. The van der Waals surface area contributed by atoms with E-state index < -0.39 is 5.97 Å². The first-order valence-electron chi connectivity index (χ1n) is 7.03. The molecule has 2 rings (SSSR count). The van der Waals surface area contributed by atoms with Crippen LogP contribution in [0, 0.1) is 5.82 Å². The predicted molar refractivity (Wildman–Crippen MR) is 76.8 cm³/mol. The van der Waals surface area contributed by atoms with Gasteiger partial charge < -0.3 is 10.1 Å². The number of halogens is 1. The highest BCUT2D eigenvalue weighted by Crippen LogP contribution is 2.17. The number of hydrogen-bond donors (Lipinski definition) is 1. The minimum absolute atomic E-state index is 0.207. The molecule has 0 unspecified atom stereocenters. The van der Waals surface area contributed by atoms with Crippen LogP contribution in [-0.4, -0.2) is 24.5 Å².